The van der Waals surface area contributed by atoms with Crippen molar-refractivity contribution in [2.75, 3.05) is 0 Å². The highest BCUT2D eigenvalue weighted by Gasteiger charge is 2.11. The molecule has 0 N–H and O–H groups in total. The van der Waals surface area contributed by atoms with Crippen molar-refractivity contribution in [1.29, 1.82) is 0 Å². The van der Waals surface area contributed by atoms with Gasteiger partial charge >= 0.3 is 0 Å². The van der Waals surface area contributed by atoms with E-state index in [1.54, 1.807) is 0 Å². The Morgan fingerprint density at radius 2 is 1.86 bits per heavy atom. The highest BCUT2D eigenvalue weighted by atomic mass is 16.6. The second-order valence-corrected chi connectivity index (χ2v) is 2.63. The number of carbonyl (C=O) groups is 1. The van der Waals surface area contributed by atoms with Crippen LogP contribution in [0.15, 0.2) is 12.1 Å². The monoisotopic (exact) mass is 195 g/mol. The van der Waals surface area contributed by atoms with Gasteiger partial charge in [-0.05, 0) is 12.7 Å². The van der Waals surface area contributed by atoms with Crippen LogP contribution in [0.25, 0.3) is 0 Å². The third kappa shape index (κ3) is 1.63. The molecule has 0 aliphatic heterocycles. The Hall–Kier alpha value is -2.11. The maximum Gasteiger partial charge on any atom is 0.262 e. The molecule has 0 spiro atoms. The number of nitrogens with zero attached hydrogens (tertiary/aromatic N) is 1. The lowest BCUT2D eigenvalue weighted by atomic mass is 10.1. The summed E-state index contributed by atoms with van der Waals surface area (Å²) in [7, 11) is 0. The Bertz CT molecular complexity index is 377. The minimum atomic E-state index is -0.981. The van der Waals surface area contributed by atoms with Crippen LogP contribution in [-0.4, -0.2) is 10.7 Å². The largest absolute Gasteiger partial charge is 0.872 e. The molecule has 0 saturated carbocycles. The average molecular weight is 195 g/mol. The van der Waals surface area contributed by atoms with Gasteiger partial charge in [-0.1, -0.05) is 11.8 Å². The molecule has 0 aromatic heterocycles. The fourth-order valence-corrected chi connectivity index (χ4v) is 0.968. The normalized spacial score (nSPS) is 9.79. The summed E-state index contributed by atoms with van der Waals surface area (Å²) in [5, 5.41) is 32.2. The van der Waals surface area contributed by atoms with Crippen molar-refractivity contribution in [2.24, 2.45) is 0 Å². The minimum Gasteiger partial charge on any atom is -0.872 e. The van der Waals surface area contributed by atoms with Gasteiger partial charge in [-0.25, -0.2) is 0 Å². The summed E-state index contributed by atoms with van der Waals surface area (Å²) in [4.78, 5) is 20.2. The molecule has 0 atom stereocenters. The third-order valence-corrected chi connectivity index (χ3v) is 1.64. The Morgan fingerprint density at radius 3 is 2.29 bits per heavy atom. The number of nitro benzene ring substituents is 1. The maximum absolute atomic E-state index is 11.0. The van der Waals surface area contributed by atoms with Crippen LogP contribution in [-0.2, 0) is 0 Å². The van der Waals surface area contributed by atoms with Crippen molar-refractivity contribution in [3.05, 3.63) is 27.8 Å². The third-order valence-electron chi connectivity index (χ3n) is 1.64. The molecule has 6 nitrogen and oxygen atoms in total. The molecule has 1 rings (SSSR count). The van der Waals surface area contributed by atoms with E-state index in [2.05, 4.69) is 0 Å². The van der Waals surface area contributed by atoms with Gasteiger partial charge in [0.15, 0.2) is 5.78 Å². The standard InChI is InChI=1S/C8H7NO5/c1-4(10)5-2-6(9(13)14)8(12)3-7(5)11/h2-3,11-12H,1H3/p-2. The number of rotatable bonds is 2. The lowest BCUT2D eigenvalue weighted by Crippen LogP contribution is -2.06. The molecular formula is C8H5NO5-2. The first-order valence-electron chi connectivity index (χ1n) is 3.61. The van der Waals surface area contributed by atoms with Crippen LogP contribution in [0.5, 0.6) is 11.5 Å². The zero-order chi connectivity index (χ0) is 10.9. The van der Waals surface area contributed by atoms with E-state index >= 15 is 0 Å². The molecule has 1 aromatic rings. The summed E-state index contributed by atoms with van der Waals surface area (Å²) >= 11 is 0. The first kappa shape index (κ1) is 9.97. The van der Waals surface area contributed by atoms with Gasteiger partial charge in [-0.2, -0.15) is 0 Å². The summed E-state index contributed by atoms with van der Waals surface area (Å²) in [5.74, 6) is -2.36. The van der Waals surface area contributed by atoms with Gasteiger partial charge in [0.25, 0.3) is 5.69 Å². The zero-order valence-electron chi connectivity index (χ0n) is 7.14. The molecule has 0 bridgehead atoms. The lowest BCUT2D eigenvalue weighted by molar-refractivity contribution is -0.398. The van der Waals surface area contributed by atoms with E-state index in [0.717, 1.165) is 6.92 Å². The van der Waals surface area contributed by atoms with Crippen LogP contribution in [0.3, 0.4) is 0 Å². The summed E-state index contributed by atoms with van der Waals surface area (Å²) < 4.78 is 0. The molecule has 0 aliphatic carbocycles. The van der Waals surface area contributed by atoms with Crippen molar-refractivity contribution in [1.82, 2.24) is 0 Å². The van der Waals surface area contributed by atoms with E-state index in [9.17, 15) is 25.1 Å². The van der Waals surface area contributed by atoms with E-state index in [-0.39, 0.29) is 5.56 Å². The molecule has 0 saturated heterocycles. The molecule has 14 heavy (non-hydrogen) atoms. The lowest BCUT2D eigenvalue weighted by Gasteiger charge is -2.15. The quantitative estimate of drug-likeness (QED) is 0.373. The van der Waals surface area contributed by atoms with E-state index in [4.69, 9.17) is 0 Å². The van der Waals surface area contributed by atoms with Crippen LogP contribution in [0.2, 0.25) is 0 Å². The smallest absolute Gasteiger partial charge is 0.262 e. The number of hydrogen-bond acceptors (Lipinski definition) is 5. The van der Waals surface area contributed by atoms with E-state index in [1.165, 1.54) is 0 Å². The van der Waals surface area contributed by atoms with Gasteiger partial charge in [-0.15, -0.1) is 0 Å². The molecule has 0 aliphatic rings. The molecule has 0 amide bonds. The highest BCUT2D eigenvalue weighted by molar-refractivity contribution is 5.97. The fraction of sp³-hybridized carbons (Fsp3) is 0.125. The second-order valence-electron chi connectivity index (χ2n) is 2.63. The molecule has 1 aromatic carbocycles. The molecule has 74 valence electrons. The van der Waals surface area contributed by atoms with Crippen LogP contribution in [0.4, 0.5) is 5.69 Å². The van der Waals surface area contributed by atoms with E-state index in [1.807, 2.05) is 0 Å². The zero-order valence-corrected chi connectivity index (χ0v) is 7.14. The molecule has 0 radical (unpaired) electrons. The highest BCUT2D eigenvalue weighted by Crippen LogP contribution is 2.29. The summed E-state index contributed by atoms with van der Waals surface area (Å²) in [6.45, 7) is 1.10. The SMILES string of the molecule is CC(=O)c1cc([N+](=O)[O-])c([O-])cc1[O-]. The fourth-order valence-electron chi connectivity index (χ4n) is 0.968. The van der Waals surface area contributed by atoms with Crippen molar-refractivity contribution in [2.45, 2.75) is 6.92 Å². The number of nitro groups is 1. The number of benzene rings is 1. The number of Topliss-reactive ketones (excluding diaryl/α,β-unsaturated/α-hetero) is 1. The first-order chi connectivity index (χ1) is 6.43. The predicted octanol–water partition coefficient (Wildman–Crippen LogP) is -0.0554. The summed E-state index contributed by atoms with van der Waals surface area (Å²) in [6.07, 6.45) is 0. The van der Waals surface area contributed by atoms with Crippen LogP contribution >= 0.6 is 0 Å². The molecule has 0 unspecified atom stereocenters. The average Bonchev–Trinajstić information content (AvgIpc) is 2.02. The van der Waals surface area contributed by atoms with Gasteiger partial charge in [0.2, 0.25) is 0 Å². The Labute approximate surface area is 78.6 Å². The second kappa shape index (κ2) is 3.33. The van der Waals surface area contributed by atoms with Gasteiger partial charge in [0, 0.05) is 11.6 Å². The number of hydrogen-bond donors (Lipinski definition) is 0. The number of carbonyl (C=O) groups excluding carboxylic acids is 1. The van der Waals surface area contributed by atoms with Crippen molar-refractivity contribution >= 4 is 11.5 Å². The van der Waals surface area contributed by atoms with Gasteiger partial charge in [0.1, 0.15) is 0 Å². The van der Waals surface area contributed by atoms with Crippen LogP contribution in [0.1, 0.15) is 17.3 Å². The topological polar surface area (TPSA) is 106 Å². The van der Waals surface area contributed by atoms with E-state index < -0.39 is 27.9 Å². The minimum absolute atomic E-state index is 0.337. The molecular weight excluding hydrogens is 190 g/mol. The molecule has 6 heteroatoms. The van der Waals surface area contributed by atoms with Crippen molar-refractivity contribution in [3.63, 3.8) is 0 Å². The van der Waals surface area contributed by atoms with Crippen molar-refractivity contribution < 1.29 is 19.9 Å². The van der Waals surface area contributed by atoms with Crippen molar-refractivity contribution in [3.8, 4) is 11.5 Å². The van der Waals surface area contributed by atoms with Gasteiger partial charge < -0.3 is 10.2 Å². The summed E-state index contributed by atoms with van der Waals surface area (Å²) in [5.41, 5.74) is -1.09. The Kier molecular flexibility index (Phi) is 2.37. The number of ketones is 1. The summed E-state index contributed by atoms with van der Waals surface area (Å²) in [6, 6.07) is 1.27. The Morgan fingerprint density at radius 1 is 1.29 bits per heavy atom. The molecule has 0 heterocycles. The Balaban J connectivity index is 3.42. The van der Waals surface area contributed by atoms with E-state index in [0.29, 0.717) is 12.1 Å². The van der Waals surface area contributed by atoms with Gasteiger partial charge in [-0.3, -0.25) is 14.9 Å². The predicted molar refractivity (Wildman–Crippen MR) is 42.0 cm³/mol. The molecule has 0 fully saturated rings. The maximum atomic E-state index is 11.0. The van der Waals surface area contributed by atoms with Crippen LogP contribution in [0, 0.1) is 10.1 Å². The van der Waals surface area contributed by atoms with Crippen LogP contribution < -0.4 is 10.2 Å². The van der Waals surface area contributed by atoms with Gasteiger partial charge in [0.05, 0.1) is 4.92 Å². The first-order valence-corrected chi connectivity index (χ1v) is 3.61.